The lowest BCUT2D eigenvalue weighted by atomic mass is 10.1. The van der Waals surface area contributed by atoms with Gasteiger partial charge in [0.2, 0.25) is 0 Å². The SMILES string of the molecule is CCOC(=O)C1=NC2=NC=CCC2=C1NCCOC(C)C. The summed E-state index contributed by atoms with van der Waals surface area (Å²) in [6.07, 6.45) is 4.53. The molecule has 0 radical (unpaired) electrons. The van der Waals surface area contributed by atoms with Crippen LogP contribution in [0.5, 0.6) is 0 Å². The Kier molecular flexibility index (Phi) is 5.27. The molecule has 0 saturated heterocycles. The van der Waals surface area contributed by atoms with Gasteiger partial charge in [0.1, 0.15) is 0 Å². The summed E-state index contributed by atoms with van der Waals surface area (Å²) in [6.45, 7) is 7.23. The smallest absolute Gasteiger partial charge is 0.359 e. The number of carbonyl (C=O) groups is 1. The number of allylic oxidation sites excluding steroid dienone is 1. The van der Waals surface area contributed by atoms with Crippen molar-refractivity contribution in [1.82, 2.24) is 5.32 Å². The summed E-state index contributed by atoms with van der Waals surface area (Å²) in [5.74, 6) is 0.169. The van der Waals surface area contributed by atoms with Gasteiger partial charge in [-0.1, -0.05) is 6.08 Å². The number of amidine groups is 1. The normalized spacial score (nSPS) is 16.8. The molecule has 0 amide bonds. The van der Waals surface area contributed by atoms with Crippen LogP contribution in [0.1, 0.15) is 27.2 Å². The minimum absolute atomic E-state index is 0.181. The quantitative estimate of drug-likeness (QED) is 0.571. The van der Waals surface area contributed by atoms with Crippen molar-refractivity contribution in [2.24, 2.45) is 9.98 Å². The van der Waals surface area contributed by atoms with E-state index in [1.165, 1.54) is 0 Å². The van der Waals surface area contributed by atoms with E-state index in [-0.39, 0.29) is 6.10 Å². The third kappa shape index (κ3) is 3.78. The Morgan fingerprint density at radius 2 is 2.29 bits per heavy atom. The minimum atomic E-state index is -0.422. The molecule has 0 bridgehead atoms. The van der Waals surface area contributed by atoms with Crippen molar-refractivity contribution in [3.63, 3.8) is 0 Å². The van der Waals surface area contributed by atoms with Gasteiger partial charge in [-0.05, 0) is 27.2 Å². The third-order valence-corrected chi connectivity index (χ3v) is 2.97. The van der Waals surface area contributed by atoms with Gasteiger partial charge in [-0.25, -0.2) is 14.8 Å². The van der Waals surface area contributed by atoms with E-state index in [1.54, 1.807) is 13.1 Å². The van der Waals surface area contributed by atoms with Gasteiger partial charge >= 0.3 is 5.97 Å². The summed E-state index contributed by atoms with van der Waals surface area (Å²) in [7, 11) is 0. The fourth-order valence-electron chi connectivity index (χ4n) is 2.09. The zero-order valence-corrected chi connectivity index (χ0v) is 12.7. The molecule has 0 aliphatic carbocycles. The largest absolute Gasteiger partial charge is 0.461 e. The van der Waals surface area contributed by atoms with Crippen LogP contribution in [0.4, 0.5) is 0 Å². The molecule has 0 aromatic carbocycles. The van der Waals surface area contributed by atoms with Gasteiger partial charge in [-0.15, -0.1) is 0 Å². The maximum absolute atomic E-state index is 12.0. The first kappa shape index (κ1) is 15.4. The Labute approximate surface area is 124 Å². The predicted octanol–water partition coefficient (Wildman–Crippen LogP) is 1.59. The zero-order chi connectivity index (χ0) is 15.2. The third-order valence-electron chi connectivity index (χ3n) is 2.97. The van der Waals surface area contributed by atoms with E-state index in [2.05, 4.69) is 15.3 Å². The van der Waals surface area contributed by atoms with Gasteiger partial charge in [-0.2, -0.15) is 0 Å². The van der Waals surface area contributed by atoms with Crippen LogP contribution in [0.2, 0.25) is 0 Å². The second-order valence-electron chi connectivity index (χ2n) is 4.92. The van der Waals surface area contributed by atoms with E-state index in [1.807, 2.05) is 19.9 Å². The van der Waals surface area contributed by atoms with Crippen LogP contribution in [-0.4, -0.2) is 43.4 Å². The number of aliphatic imine (C=N–C) groups is 2. The number of rotatable bonds is 7. The van der Waals surface area contributed by atoms with Crippen LogP contribution in [0.3, 0.4) is 0 Å². The lowest BCUT2D eigenvalue weighted by Crippen LogP contribution is -2.30. The number of nitrogens with one attached hydrogen (secondary N) is 1. The van der Waals surface area contributed by atoms with Crippen LogP contribution in [0, 0.1) is 0 Å². The van der Waals surface area contributed by atoms with Gasteiger partial charge in [0.05, 0.1) is 25.0 Å². The van der Waals surface area contributed by atoms with Crippen LogP contribution in [0.15, 0.2) is 33.5 Å². The Bertz CT molecular complexity index is 530. The number of esters is 1. The van der Waals surface area contributed by atoms with Crippen LogP contribution in [-0.2, 0) is 14.3 Å². The van der Waals surface area contributed by atoms with Crippen molar-refractivity contribution in [1.29, 1.82) is 0 Å². The molecule has 0 fully saturated rings. The topological polar surface area (TPSA) is 72.3 Å². The maximum atomic E-state index is 12.0. The number of nitrogens with zero attached hydrogens (tertiary/aromatic N) is 2. The first-order valence-electron chi connectivity index (χ1n) is 7.21. The highest BCUT2D eigenvalue weighted by Gasteiger charge is 2.30. The van der Waals surface area contributed by atoms with Gasteiger partial charge in [0.25, 0.3) is 0 Å². The molecule has 114 valence electrons. The predicted molar refractivity (Wildman–Crippen MR) is 81.4 cm³/mol. The van der Waals surface area contributed by atoms with Crippen LogP contribution >= 0.6 is 0 Å². The minimum Gasteiger partial charge on any atom is -0.461 e. The highest BCUT2D eigenvalue weighted by molar-refractivity contribution is 6.48. The van der Waals surface area contributed by atoms with E-state index in [0.717, 1.165) is 5.57 Å². The molecule has 6 heteroatoms. The highest BCUT2D eigenvalue weighted by Crippen LogP contribution is 2.23. The molecule has 2 aliphatic heterocycles. The molecule has 0 unspecified atom stereocenters. The molecule has 2 aliphatic rings. The Hall–Kier alpha value is -1.95. The summed E-state index contributed by atoms with van der Waals surface area (Å²) in [5, 5.41) is 3.23. The van der Waals surface area contributed by atoms with E-state index >= 15 is 0 Å². The van der Waals surface area contributed by atoms with Crippen molar-refractivity contribution >= 4 is 17.5 Å². The second-order valence-corrected chi connectivity index (χ2v) is 4.92. The van der Waals surface area contributed by atoms with Crippen molar-refractivity contribution in [3.05, 3.63) is 23.5 Å². The molecule has 0 saturated carbocycles. The average Bonchev–Trinajstić information content (AvgIpc) is 2.82. The van der Waals surface area contributed by atoms with E-state index < -0.39 is 5.97 Å². The van der Waals surface area contributed by atoms with E-state index in [4.69, 9.17) is 9.47 Å². The summed E-state index contributed by atoms with van der Waals surface area (Å²) < 4.78 is 10.6. The number of hydrogen-bond donors (Lipinski definition) is 1. The van der Waals surface area contributed by atoms with Crippen molar-refractivity contribution in [3.8, 4) is 0 Å². The fraction of sp³-hybridized carbons (Fsp3) is 0.533. The molecule has 2 heterocycles. The van der Waals surface area contributed by atoms with Gasteiger partial charge in [0, 0.05) is 18.3 Å². The Morgan fingerprint density at radius 3 is 3.00 bits per heavy atom. The number of carbonyl (C=O) groups excluding carboxylic acids is 1. The van der Waals surface area contributed by atoms with E-state index in [9.17, 15) is 4.79 Å². The standard InChI is InChI=1S/C15H21N3O3/c1-4-20-15(19)13-12(16-8-9-21-10(2)3)11-6-5-7-17-14(11)18-13/h5,7,10,16H,4,6,8-9H2,1-3H3. The first-order valence-corrected chi connectivity index (χ1v) is 7.21. The summed E-state index contributed by atoms with van der Waals surface area (Å²) >= 11 is 0. The Balaban J connectivity index is 2.09. The molecule has 0 atom stereocenters. The molecule has 2 rings (SSSR count). The lowest BCUT2D eigenvalue weighted by molar-refractivity contribution is -0.134. The van der Waals surface area contributed by atoms with Crippen molar-refractivity contribution in [2.45, 2.75) is 33.3 Å². The van der Waals surface area contributed by atoms with Gasteiger partial charge < -0.3 is 14.8 Å². The molecule has 0 aromatic heterocycles. The number of hydrogen-bond acceptors (Lipinski definition) is 6. The molecule has 0 spiro atoms. The van der Waals surface area contributed by atoms with Crippen LogP contribution < -0.4 is 5.32 Å². The van der Waals surface area contributed by atoms with Crippen LogP contribution in [0.25, 0.3) is 0 Å². The molecule has 1 N–H and O–H groups in total. The van der Waals surface area contributed by atoms with E-state index in [0.29, 0.717) is 43.4 Å². The lowest BCUT2D eigenvalue weighted by Gasteiger charge is -2.13. The second kappa shape index (κ2) is 7.17. The average molecular weight is 291 g/mol. The Morgan fingerprint density at radius 1 is 1.48 bits per heavy atom. The number of fused-ring (bicyclic) bond motifs is 1. The van der Waals surface area contributed by atoms with Crippen molar-refractivity contribution in [2.75, 3.05) is 19.8 Å². The number of ether oxygens (including phenoxy) is 2. The van der Waals surface area contributed by atoms with Crippen molar-refractivity contribution < 1.29 is 14.3 Å². The molecule has 6 nitrogen and oxygen atoms in total. The first-order chi connectivity index (χ1) is 10.1. The zero-order valence-electron chi connectivity index (χ0n) is 12.7. The maximum Gasteiger partial charge on any atom is 0.359 e. The summed E-state index contributed by atoms with van der Waals surface area (Å²) in [6, 6.07) is 0. The molecular formula is C15H21N3O3. The van der Waals surface area contributed by atoms with Gasteiger partial charge in [-0.3, -0.25) is 0 Å². The van der Waals surface area contributed by atoms with Gasteiger partial charge in [0.15, 0.2) is 11.5 Å². The molecular weight excluding hydrogens is 270 g/mol. The summed E-state index contributed by atoms with van der Waals surface area (Å²) in [5.41, 5.74) is 1.95. The molecule has 21 heavy (non-hydrogen) atoms. The summed E-state index contributed by atoms with van der Waals surface area (Å²) in [4.78, 5) is 20.5. The fourth-order valence-corrected chi connectivity index (χ4v) is 2.09. The highest BCUT2D eigenvalue weighted by atomic mass is 16.5. The molecule has 0 aromatic rings. The monoisotopic (exact) mass is 291 g/mol.